The highest BCUT2D eigenvalue weighted by molar-refractivity contribution is 5.95. The Morgan fingerprint density at radius 2 is 1.29 bits per heavy atom. The number of benzene rings is 2. The minimum Gasteiger partial charge on any atom is -0.274 e. The van der Waals surface area contributed by atoms with Crippen LogP contribution >= 0.6 is 0 Å². The SMILES string of the molecule is CC(C)(C)OOC(=O)N(c1ccccc1)c1ccccc1. The van der Waals surface area contributed by atoms with Gasteiger partial charge < -0.3 is 0 Å². The molecule has 0 aliphatic carbocycles. The summed E-state index contributed by atoms with van der Waals surface area (Å²) in [5.74, 6) is 0. The molecule has 2 aromatic carbocycles. The van der Waals surface area contributed by atoms with Gasteiger partial charge in [-0.05, 0) is 45.0 Å². The number of hydrogen-bond acceptors (Lipinski definition) is 3. The topological polar surface area (TPSA) is 38.8 Å². The Bertz CT molecular complexity index is 536. The van der Waals surface area contributed by atoms with Crippen molar-refractivity contribution >= 4 is 17.5 Å². The van der Waals surface area contributed by atoms with Crippen LogP contribution < -0.4 is 4.90 Å². The summed E-state index contributed by atoms with van der Waals surface area (Å²) in [6.07, 6.45) is -0.581. The highest BCUT2D eigenvalue weighted by atomic mass is 17.2. The molecule has 4 nitrogen and oxygen atoms in total. The fraction of sp³-hybridized carbons (Fsp3) is 0.235. The van der Waals surface area contributed by atoms with Gasteiger partial charge in [-0.15, -0.1) is 0 Å². The fourth-order valence-electron chi connectivity index (χ4n) is 1.71. The van der Waals surface area contributed by atoms with E-state index in [4.69, 9.17) is 9.78 Å². The zero-order valence-corrected chi connectivity index (χ0v) is 12.4. The van der Waals surface area contributed by atoms with Gasteiger partial charge in [0, 0.05) is 0 Å². The first-order chi connectivity index (χ1) is 9.97. The van der Waals surface area contributed by atoms with E-state index in [-0.39, 0.29) is 0 Å². The molecule has 0 spiro atoms. The van der Waals surface area contributed by atoms with E-state index in [1.807, 2.05) is 81.4 Å². The molecule has 0 fully saturated rings. The zero-order valence-electron chi connectivity index (χ0n) is 12.4. The van der Waals surface area contributed by atoms with Crippen LogP contribution in [0.1, 0.15) is 20.8 Å². The predicted molar refractivity (Wildman–Crippen MR) is 82.3 cm³/mol. The second-order valence-electron chi connectivity index (χ2n) is 5.55. The number of hydrogen-bond donors (Lipinski definition) is 0. The van der Waals surface area contributed by atoms with Gasteiger partial charge in [0.25, 0.3) is 0 Å². The van der Waals surface area contributed by atoms with Crippen molar-refractivity contribution < 1.29 is 14.6 Å². The number of amides is 1. The van der Waals surface area contributed by atoms with Crippen molar-refractivity contribution in [1.29, 1.82) is 0 Å². The van der Waals surface area contributed by atoms with Crippen molar-refractivity contribution in [3.05, 3.63) is 60.7 Å². The molecule has 0 atom stereocenters. The van der Waals surface area contributed by atoms with Gasteiger partial charge in [-0.2, -0.15) is 4.89 Å². The summed E-state index contributed by atoms with van der Waals surface area (Å²) in [6.45, 7) is 5.45. The highest BCUT2D eigenvalue weighted by Gasteiger charge is 2.23. The standard InChI is InChI=1S/C17H19NO3/c1-17(2,3)21-20-16(19)18(14-10-6-4-7-11-14)15-12-8-5-9-13-15/h4-13H,1-3H3. The summed E-state index contributed by atoms with van der Waals surface area (Å²) >= 11 is 0. The van der Waals surface area contributed by atoms with Crippen molar-refractivity contribution in [2.24, 2.45) is 0 Å². The number of carbonyl (C=O) groups is 1. The lowest BCUT2D eigenvalue weighted by Crippen LogP contribution is -2.30. The van der Waals surface area contributed by atoms with Crippen molar-refractivity contribution in [1.82, 2.24) is 0 Å². The van der Waals surface area contributed by atoms with E-state index < -0.39 is 11.7 Å². The van der Waals surface area contributed by atoms with Crippen LogP contribution in [0.5, 0.6) is 0 Å². The molecule has 0 radical (unpaired) electrons. The van der Waals surface area contributed by atoms with Gasteiger partial charge >= 0.3 is 6.09 Å². The van der Waals surface area contributed by atoms with Crippen LogP contribution in [-0.2, 0) is 9.78 Å². The molecule has 0 aliphatic heterocycles. The van der Waals surface area contributed by atoms with E-state index in [1.165, 1.54) is 4.90 Å². The molecule has 0 aromatic heterocycles. The molecule has 21 heavy (non-hydrogen) atoms. The third-order valence-electron chi connectivity index (χ3n) is 2.57. The van der Waals surface area contributed by atoms with E-state index in [0.29, 0.717) is 11.4 Å². The first kappa shape index (κ1) is 15.1. The van der Waals surface area contributed by atoms with Crippen LogP contribution in [0.25, 0.3) is 0 Å². The average molecular weight is 285 g/mol. The van der Waals surface area contributed by atoms with Crippen LogP contribution in [-0.4, -0.2) is 11.7 Å². The number of para-hydroxylation sites is 2. The molecule has 1 amide bonds. The molecular weight excluding hydrogens is 266 g/mol. The van der Waals surface area contributed by atoms with E-state index in [9.17, 15) is 4.79 Å². The largest absolute Gasteiger partial charge is 0.450 e. The molecule has 0 unspecified atom stereocenters. The van der Waals surface area contributed by atoms with E-state index >= 15 is 0 Å². The molecule has 0 saturated carbocycles. The molecule has 110 valence electrons. The Labute approximate surface area is 124 Å². The van der Waals surface area contributed by atoms with Gasteiger partial charge in [0.15, 0.2) is 0 Å². The Morgan fingerprint density at radius 3 is 1.67 bits per heavy atom. The molecule has 0 saturated heterocycles. The van der Waals surface area contributed by atoms with E-state index in [1.54, 1.807) is 0 Å². The van der Waals surface area contributed by atoms with Crippen LogP contribution in [0.3, 0.4) is 0 Å². The maximum atomic E-state index is 12.4. The lowest BCUT2D eigenvalue weighted by Gasteiger charge is -2.24. The van der Waals surface area contributed by atoms with Crippen LogP contribution in [0, 0.1) is 0 Å². The van der Waals surface area contributed by atoms with Crippen LogP contribution in [0.15, 0.2) is 60.7 Å². The molecule has 2 aromatic rings. The van der Waals surface area contributed by atoms with Gasteiger partial charge in [0.05, 0.1) is 11.4 Å². The summed E-state index contributed by atoms with van der Waals surface area (Å²) in [7, 11) is 0. The maximum absolute atomic E-state index is 12.4. The van der Waals surface area contributed by atoms with Gasteiger partial charge in [-0.3, -0.25) is 4.89 Å². The number of nitrogens with zero attached hydrogens (tertiary/aromatic N) is 1. The number of anilines is 2. The van der Waals surface area contributed by atoms with Crippen LogP contribution in [0.2, 0.25) is 0 Å². The Kier molecular flexibility index (Phi) is 4.60. The average Bonchev–Trinajstić information content (AvgIpc) is 2.47. The fourth-order valence-corrected chi connectivity index (χ4v) is 1.71. The molecule has 4 heteroatoms. The number of carbonyl (C=O) groups excluding carboxylic acids is 1. The Hall–Kier alpha value is -2.33. The second-order valence-corrected chi connectivity index (χ2v) is 5.55. The third kappa shape index (κ3) is 4.33. The smallest absolute Gasteiger partial charge is 0.274 e. The quantitative estimate of drug-likeness (QED) is 0.606. The van der Waals surface area contributed by atoms with Crippen molar-refractivity contribution in [2.75, 3.05) is 4.90 Å². The van der Waals surface area contributed by atoms with Crippen molar-refractivity contribution in [3.8, 4) is 0 Å². The van der Waals surface area contributed by atoms with E-state index in [2.05, 4.69) is 0 Å². The zero-order chi connectivity index (χ0) is 15.3. The maximum Gasteiger partial charge on any atom is 0.450 e. The van der Waals surface area contributed by atoms with Gasteiger partial charge in [-0.1, -0.05) is 36.4 Å². The molecule has 0 heterocycles. The normalized spacial score (nSPS) is 11.0. The lowest BCUT2D eigenvalue weighted by molar-refractivity contribution is -0.298. The van der Waals surface area contributed by atoms with Crippen molar-refractivity contribution in [3.63, 3.8) is 0 Å². The Morgan fingerprint density at radius 1 is 0.857 bits per heavy atom. The lowest BCUT2D eigenvalue weighted by atomic mass is 10.2. The summed E-state index contributed by atoms with van der Waals surface area (Å²) in [4.78, 5) is 23.9. The first-order valence-corrected chi connectivity index (χ1v) is 6.77. The molecule has 0 bridgehead atoms. The summed E-state index contributed by atoms with van der Waals surface area (Å²) in [5.41, 5.74) is 0.867. The van der Waals surface area contributed by atoms with E-state index in [0.717, 1.165) is 0 Å². The third-order valence-corrected chi connectivity index (χ3v) is 2.57. The minimum atomic E-state index is -0.581. The summed E-state index contributed by atoms with van der Waals surface area (Å²) in [6, 6.07) is 18.6. The monoisotopic (exact) mass is 285 g/mol. The van der Waals surface area contributed by atoms with Gasteiger partial charge in [0.1, 0.15) is 5.60 Å². The van der Waals surface area contributed by atoms with Gasteiger partial charge in [-0.25, -0.2) is 9.69 Å². The molecule has 0 aliphatic rings. The number of rotatable bonds is 3. The Balaban J connectivity index is 2.27. The van der Waals surface area contributed by atoms with Gasteiger partial charge in [0.2, 0.25) is 0 Å². The second kappa shape index (κ2) is 6.41. The molecule has 0 N–H and O–H groups in total. The summed E-state index contributed by atoms with van der Waals surface area (Å²) < 4.78 is 0. The summed E-state index contributed by atoms with van der Waals surface area (Å²) in [5, 5.41) is 0. The predicted octanol–water partition coefficient (Wildman–Crippen LogP) is 4.69. The van der Waals surface area contributed by atoms with Crippen molar-refractivity contribution in [2.45, 2.75) is 26.4 Å². The molecule has 2 rings (SSSR count). The first-order valence-electron chi connectivity index (χ1n) is 6.77. The minimum absolute atomic E-state index is 0.561. The molecular formula is C17H19NO3. The highest BCUT2D eigenvalue weighted by Crippen LogP contribution is 2.26. The van der Waals surface area contributed by atoms with Crippen LogP contribution in [0.4, 0.5) is 16.2 Å².